The number of nitrogens with two attached hydrogens (primary N) is 1. The van der Waals surface area contributed by atoms with Crippen LogP contribution in [0.5, 0.6) is 11.5 Å². The molecule has 6 nitrogen and oxygen atoms in total. The SMILES string of the molecule is Cc1c(C(=O)Oc2ccc3c(c2)OC(N)=C(C#N)C3c2c(Cl)cccc2Cl)oc2ccc(Br)cc12. The molecule has 0 saturated carbocycles. The Bertz CT molecular complexity index is 1580. The van der Waals surface area contributed by atoms with Crippen LogP contribution in [-0.2, 0) is 0 Å². The maximum atomic E-state index is 12.9. The lowest BCUT2D eigenvalue weighted by Crippen LogP contribution is -2.21. The van der Waals surface area contributed by atoms with Crippen LogP contribution in [0, 0.1) is 18.3 Å². The van der Waals surface area contributed by atoms with Crippen LogP contribution in [-0.4, -0.2) is 5.97 Å². The monoisotopic (exact) mass is 568 g/mol. The summed E-state index contributed by atoms with van der Waals surface area (Å²) in [5, 5.41) is 11.3. The second kappa shape index (κ2) is 8.97. The number of halogens is 3. The van der Waals surface area contributed by atoms with E-state index < -0.39 is 11.9 Å². The molecule has 1 atom stereocenters. The summed E-state index contributed by atoms with van der Waals surface area (Å²) in [7, 11) is 0. The highest BCUT2D eigenvalue weighted by Gasteiger charge is 2.34. The van der Waals surface area contributed by atoms with E-state index in [0.717, 1.165) is 9.86 Å². The molecule has 35 heavy (non-hydrogen) atoms. The van der Waals surface area contributed by atoms with Crippen molar-refractivity contribution in [1.82, 2.24) is 0 Å². The molecule has 1 aromatic heterocycles. The minimum absolute atomic E-state index is 0.0804. The highest BCUT2D eigenvalue weighted by molar-refractivity contribution is 9.10. The summed E-state index contributed by atoms with van der Waals surface area (Å²) in [6, 6.07) is 17.5. The molecule has 2 N–H and O–H groups in total. The second-order valence-corrected chi connectivity index (χ2v) is 9.58. The van der Waals surface area contributed by atoms with Crippen LogP contribution in [0.3, 0.4) is 0 Å². The van der Waals surface area contributed by atoms with E-state index in [1.165, 1.54) is 6.07 Å². The van der Waals surface area contributed by atoms with Crippen molar-refractivity contribution in [3.05, 3.63) is 103 Å². The van der Waals surface area contributed by atoms with Gasteiger partial charge in [-0.1, -0.05) is 51.3 Å². The summed E-state index contributed by atoms with van der Waals surface area (Å²) in [6.45, 7) is 1.79. The summed E-state index contributed by atoms with van der Waals surface area (Å²) >= 11 is 16.3. The van der Waals surface area contributed by atoms with Crippen molar-refractivity contribution < 1.29 is 18.7 Å². The van der Waals surface area contributed by atoms with Gasteiger partial charge in [0.25, 0.3) is 0 Å². The normalized spacial score (nSPS) is 14.9. The number of furan rings is 1. The molecule has 4 aromatic rings. The third-order valence-electron chi connectivity index (χ3n) is 5.77. The molecule has 1 aliphatic rings. The van der Waals surface area contributed by atoms with Gasteiger partial charge >= 0.3 is 5.97 Å². The number of aryl methyl sites for hydroxylation is 1. The van der Waals surface area contributed by atoms with Crippen LogP contribution in [0.15, 0.2) is 74.9 Å². The molecule has 3 aromatic carbocycles. The van der Waals surface area contributed by atoms with Gasteiger partial charge < -0.3 is 19.6 Å². The Kier molecular flexibility index (Phi) is 5.97. The lowest BCUT2D eigenvalue weighted by Gasteiger charge is -2.27. The number of rotatable bonds is 3. The van der Waals surface area contributed by atoms with Gasteiger partial charge in [0.15, 0.2) is 0 Å². The predicted molar refractivity (Wildman–Crippen MR) is 136 cm³/mol. The number of carbonyl (C=O) groups is 1. The standard InChI is InChI=1S/C26H15BrCl2N2O4/c1-12-16-9-13(27)5-8-20(16)34-24(12)26(32)33-14-6-7-15-21(10-14)35-25(31)17(11-30)22(15)23-18(28)3-2-4-19(23)29/h2-10,22H,31H2,1H3. The molecular formula is C26H15BrCl2N2O4. The first-order chi connectivity index (χ1) is 16.8. The number of nitrogens with zero attached hydrogens (tertiary/aromatic N) is 1. The Morgan fingerprint density at radius 2 is 1.89 bits per heavy atom. The Labute approximate surface area is 218 Å². The van der Waals surface area contributed by atoms with Gasteiger partial charge in [-0.3, -0.25) is 0 Å². The number of ether oxygens (including phenoxy) is 2. The number of carbonyl (C=O) groups excluding carboxylic acids is 1. The van der Waals surface area contributed by atoms with Crippen molar-refractivity contribution in [2.45, 2.75) is 12.8 Å². The zero-order valence-corrected chi connectivity index (χ0v) is 21.2. The number of hydrogen-bond acceptors (Lipinski definition) is 6. The molecule has 0 fully saturated rings. The first-order valence-corrected chi connectivity index (χ1v) is 11.9. The van der Waals surface area contributed by atoms with E-state index >= 15 is 0 Å². The van der Waals surface area contributed by atoms with Crippen LogP contribution in [0.2, 0.25) is 10.0 Å². The van der Waals surface area contributed by atoms with E-state index in [1.807, 2.05) is 12.1 Å². The molecule has 9 heteroatoms. The van der Waals surface area contributed by atoms with E-state index in [1.54, 1.807) is 43.3 Å². The summed E-state index contributed by atoms with van der Waals surface area (Å²) < 4.78 is 17.9. The van der Waals surface area contributed by atoms with Crippen LogP contribution in [0.1, 0.15) is 33.2 Å². The van der Waals surface area contributed by atoms with Gasteiger partial charge in [0.1, 0.15) is 28.7 Å². The second-order valence-electron chi connectivity index (χ2n) is 7.85. The van der Waals surface area contributed by atoms with Gasteiger partial charge in [-0.2, -0.15) is 5.26 Å². The molecule has 0 amide bonds. The van der Waals surface area contributed by atoms with Crippen LogP contribution < -0.4 is 15.2 Å². The van der Waals surface area contributed by atoms with Crippen LogP contribution >= 0.6 is 39.1 Å². The number of esters is 1. The number of fused-ring (bicyclic) bond motifs is 2. The highest BCUT2D eigenvalue weighted by atomic mass is 79.9. The highest BCUT2D eigenvalue weighted by Crippen LogP contribution is 2.47. The first kappa shape index (κ1) is 23.3. The molecular weight excluding hydrogens is 555 g/mol. The smallest absolute Gasteiger partial charge is 0.379 e. The molecule has 2 heterocycles. The molecule has 174 valence electrons. The predicted octanol–water partition coefficient (Wildman–Crippen LogP) is 7.25. The van der Waals surface area contributed by atoms with E-state index in [2.05, 4.69) is 22.0 Å². The molecule has 5 rings (SSSR count). The number of nitriles is 1. The zero-order chi connectivity index (χ0) is 24.9. The van der Waals surface area contributed by atoms with Crippen molar-refractivity contribution in [3.8, 4) is 17.6 Å². The maximum absolute atomic E-state index is 12.9. The average molecular weight is 570 g/mol. The molecule has 0 bridgehead atoms. The first-order valence-electron chi connectivity index (χ1n) is 10.3. The summed E-state index contributed by atoms with van der Waals surface area (Å²) in [4.78, 5) is 12.9. The van der Waals surface area contributed by atoms with Gasteiger partial charge in [-0.25, -0.2) is 4.79 Å². The largest absolute Gasteiger partial charge is 0.449 e. The van der Waals surface area contributed by atoms with E-state index in [-0.39, 0.29) is 23.0 Å². The Balaban J connectivity index is 1.52. The van der Waals surface area contributed by atoms with Gasteiger partial charge in [0.2, 0.25) is 11.6 Å². The quantitative estimate of drug-likeness (QED) is 0.206. The molecule has 0 spiro atoms. The summed E-state index contributed by atoms with van der Waals surface area (Å²) in [5.74, 6) is -0.750. The van der Waals surface area contributed by atoms with Gasteiger partial charge in [-0.15, -0.1) is 0 Å². The fourth-order valence-electron chi connectivity index (χ4n) is 4.12. The van der Waals surface area contributed by atoms with Crippen LogP contribution in [0.4, 0.5) is 0 Å². The van der Waals surface area contributed by atoms with Crippen molar-refractivity contribution in [1.29, 1.82) is 5.26 Å². The lowest BCUT2D eigenvalue weighted by atomic mass is 9.83. The summed E-state index contributed by atoms with van der Waals surface area (Å²) in [6.07, 6.45) is 0. The maximum Gasteiger partial charge on any atom is 0.379 e. The topological polar surface area (TPSA) is 98.5 Å². The third-order valence-corrected chi connectivity index (χ3v) is 6.93. The van der Waals surface area contributed by atoms with E-state index in [0.29, 0.717) is 38.1 Å². The molecule has 0 saturated heterocycles. The Hall–Kier alpha value is -3.44. The number of hydrogen-bond donors (Lipinski definition) is 1. The van der Waals surface area contributed by atoms with Gasteiger partial charge in [0, 0.05) is 42.7 Å². The van der Waals surface area contributed by atoms with Gasteiger partial charge in [-0.05, 0) is 43.3 Å². The van der Waals surface area contributed by atoms with Crippen molar-refractivity contribution in [2.24, 2.45) is 5.73 Å². The van der Waals surface area contributed by atoms with Crippen molar-refractivity contribution in [2.75, 3.05) is 0 Å². The average Bonchev–Trinajstić information content (AvgIpc) is 3.14. The molecule has 0 aliphatic carbocycles. The zero-order valence-electron chi connectivity index (χ0n) is 18.1. The number of allylic oxidation sites excluding steroid dienone is 1. The minimum atomic E-state index is -0.655. The van der Waals surface area contributed by atoms with Crippen LogP contribution in [0.25, 0.3) is 11.0 Å². The van der Waals surface area contributed by atoms with Crippen molar-refractivity contribution in [3.63, 3.8) is 0 Å². The number of benzene rings is 3. The van der Waals surface area contributed by atoms with E-state index in [9.17, 15) is 10.1 Å². The van der Waals surface area contributed by atoms with Gasteiger partial charge in [0.05, 0.1) is 5.92 Å². The fourth-order valence-corrected chi connectivity index (χ4v) is 5.10. The van der Waals surface area contributed by atoms with Crippen molar-refractivity contribution >= 4 is 56.1 Å². The Morgan fingerprint density at radius 1 is 1.14 bits per heavy atom. The molecule has 1 unspecified atom stereocenters. The molecule has 0 radical (unpaired) electrons. The summed E-state index contributed by atoms with van der Waals surface area (Å²) in [5.41, 5.74) is 8.64. The van der Waals surface area contributed by atoms with E-state index in [4.69, 9.17) is 42.8 Å². The lowest BCUT2D eigenvalue weighted by molar-refractivity contribution is 0.0702. The Morgan fingerprint density at radius 3 is 2.60 bits per heavy atom. The minimum Gasteiger partial charge on any atom is -0.449 e. The molecule has 1 aliphatic heterocycles. The fraction of sp³-hybridized carbons (Fsp3) is 0.0769. The third kappa shape index (κ3) is 4.04.